The Balaban J connectivity index is 2.23. The van der Waals surface area contributed by atoms with Gasteiger partial charge in [-0.2, -0.15) is 4.57 Å². The molecule has 2 heterocycles. The van der Waals surface area contributed by atoms with Gasteiger partial charge in [0.05, 0.1) is 6.61 Å². The van der Waals surface area contributed by atoms with Crippen LogP contribution in [-0.2, 0) is 14.3 Å². The fourth-order valence-electron chi connectivity index (χ4n) is 1.72. The number of aromatic nitrogens is 1. The lowest BCUT2D eigenvalue weighted by Gasteiger charge is -2.02. The lowest BCUT2D eigenvalue weighted by atomic mass is 10.3. The van der Waals surface area contributed by atoms with Crippen molar-refractivity contribution in [2.75, 3.05) is 6.61 Å². The van der Waals surface area contributed by atoms with Crippen LogP contribution in [0.15, 0.2) is 34.0 Å². The highest BCUT2D eigenvalue weighted by atomic mass is 79.9. The lowest BCUT2D eigenvalue weighted by molar-refractivity contribution is -0.687. The van der Waals surface area contributed by atoms with Crippen molar-refractivity contribution in [3.05, 3.63) is 39.6 Å². The Bertz CT molecular complexity index is 589. The molecule has 2 rings (SSSR count). The van der Waals surface area contributed by atoms with Crippen LogP contribution in [0, 0.1) is 6.92 Å². The molecule has 106 valence electrons. The molecule has 1 aliphatic rings. The van der Waals surface area contributed by atoms with Gasteiger partial charge in [0.2, 0.25) is 0 Å². The number of rotatable bonds is 3. The van der Waals surface area contributed by atoms with Gasteiger partial charge < -0.3 is 10.1 Å². The first-order valence-electron chi connectivity index (χ1n) is 6.04. The molecule has 1 amide bonds. The molecule has 20 heavy (non-hydrogen) atoms. The first-order chi connectivity index (χ1) is 9.52. The van der Waals surface area contributed by atoms with Crippen molar-refractivity contribution < 1.29 is 18.9 Å². The second-order valence-corrected chi connectivity index (χ2v) is 6.04. The van der Waals surface area contributed by atoms with Gasteiger partial charge >= 0.3 is 11.9 Å². The summed E-state index contributed by atoms with van der Waals surface area (Å²) in [6, 6.07) is 3.84. The zero-order chi connectivity index (χ0) is 14.7. The van der Waals surface area contributed by atoms with Gasteiger partial charge in [0, 0.05) is 11.6 Å². The molecular formula is C13H14BrN2O3S+. The molecule has 1 unspecified atom stereocenters. The van der Waals surface area contributed by atoms with Crippen LogP contribution in [0.25, 0.3) is 0 Å². The maximum Gasteiger partial charge on any atom is 0.347 e. The number of pyridine rings is 1. The summed E-state index contributed by atoms with van der Waals surface area (Å²) in [5, 5.41) is 2.75. The van der Waals surface area contributed by atoms with E-state index in [4.69, 9.17) is 4.74 Å². The zero-order valence-corrected chi connectivity index (χ0v) is 13.5. The van der Waals surface area contributed by atoms with Crippen molar-refractivity contribution in [3.8, 4) is 0 Å². The molecule has 1 aliphatic heterocycles. The highest BCUT2D eigenvalue weighted by Gasteiger charge is 2.39. The quantitative estimate of drug-likeness (QED) is 0.508. The van der Waals surface area contributed by atoms with E-state index < -0.39 is 11.3 Å². The number of aryl methyl sites for hydroxylation is 1. The average molecular weight is 358 g/mol. The van der Waals surface area contributed by atoms with Crippen molar-refractivity contribution >= 4 is 39.6 Å². The highest BCUT2D eigenvalue weighted by molar-refractivity contribution is 9.12. The lowest BCUT2D eigenvalue weighted by Crippen LogP contribution is -2.41. The molecule has 1 aromatic rings. The third-order valence-electron chi connectivity index (χ3n) is 2.59. The number of thioether (sulfide) groups is 1. The number of nitrogens with one attached hydrogen (secondary N) is 1. The number of carbonyl (C=O) groups excluding carboxylic acids is 2. The molecule has 0 bridgehead atoms. The number of ether oxygens (including phenoxy) is 1. The molecular weight excluding hydrogens is 344 g/mol. The van der Waals surface area contributed by atoms with Crippen LogP contribution in [0.2, 0.25) is 0 Å². The summed E-state index contributed by atoms with van der Waals surface area (Å²) < 4.78 is 6.95. The molecule has 1 saturated heterocycles. The van der Waals surface area contributed by atoms with E-state index in [1.165, 1.54) is 11.8 Å². The molecule has 1 atom stereocenters. The minimum Gasteiger partial charge on any atom is -0.462 e. The van der Waals surface area contributed by atoms with E-state index in [1.54, 1.807) is 6.92 Å². The average Bonchev–Trinajstić information content (AvgIpc) is 2.80. The fourth-order valence-corrected chi connectivity index (χ4v) is 3.20. The smallest absolute Gasteiger partial charge is 0.347 e. The van der Waals surface area contributed by atoms with Gasteiger partial charge in [-0.25, -0.2) is 4.79 Å². The summed E-state index contributed by atoms with van der Waals surface area (Å²) in [6.07, 6.45) is 3.71. The van der Waals surface area contributed by atoms with Crippen LogP contribution in [0.5, 0.6) is 0 Å². The summed E-state index contributed by atoms with van der Waals surface area (Å²) >= 11 is 4.45. The standard InChI is InChI=1S/C13H13BrN2O3S/c1-3-19-13(18)9(14)11-15-10(17)12(20-11)16-6-4-5-8(2)7-16/h4-7,12H,3H2,1-2H3/p+1. The van der Waals surface area contributed by atoms with Crippen molar-refractivity contribution in [3.63, 3.8) is 0 Å². The van der Waals surface area contributed by atoms with Gasteiger partial charge in [-0.3, -0.25) is 4.79 Å². The topological polar surface area (TPSA) is 59.3 Å². The van der Waals surface area contributed by atoms with Gasteiger partial charge in [0.25, 0.3) is 5.37 Å². The van der Waals surface area contributed by atoms with E-state index in [-0.39, 0.29) is 17.0 Å². The third-order valence-corrected chi connectivity index (χ3v) is 4.79. The Kier molecular flexibility index (Phi) is 4.82. The minimum atomic E-state index is -0.481. The Morgan fingerprint density at radius 3 is 3.00 bits per heavy atom. The number of amides is 1. The van der Waals surface area contributed by atoms with Crippen LogP contribution < -0.4 is 9.88 Å². The van der Waals surface area contributed by atoms with Crippen LogP contribution in [0.1, 0.15) is 17.9 Å². The van der Waals surface area contributed by atoms with Crippen LogP contribution in [-0.4, -0.2) is 18.5 Å². The van der Waals surface area contributed by atoms with Gasteiger partial charge in [-0.05, 0) is 47.6 Å². The summed E-state index contributed by atoms with van der Waals surface area (Å²) in [6.45, 7) is 3.98. The molecule has 5 nitrogen and oxygen atoms in total. The molecule has 7 heteroatoms. The van der Waals surface area contributed by atoms with Crippen LogP contribution in [0.3, 0.4) is 0 Å². The summed E-state index contributed by atoms with van der Waals surface area (Å²) in [7, 11) is 0. The van der Waals surface area contributed by atoms with Gasteiger partial charge in [0.15, 0.2) is 12.4 Å². The third kappa shape index (κ3) is 3.21. The van der Waals surface area contributed by atoms with Crippen molar-refractivity contribution in [1.29, 1.82) is 0 Å². The Hall–Kier alpha value is -1.34. The number of hydrogen-bond acceptors (Lipinski definition) is 4. The first-order valence-corrected chi connectivity index (χ1v) is 7.72. The number of esters is 1. The number of hydrogen-bond donors (Lipinski definition) is 1. The molecule has 1 aromatic heterocycles. The monoisotopic (exact) mass is 357 g/mol. The number of halogens is 1. The largest absolute Gasteiger partial charge is 0.462 e. The first kappa shape index (κ1) is 15.1. The van der Waals surface area contributed by atoms with Crippen LogP contribution in [0.4, 0.5) is 0 Å². The molecule has 0 radical (unpaired) electrons. The van der Waals surface area contributed by atoms with E-state index in [0.29, 0.717) is 5.03 Å². The summed E-state index contributed by atoms with van der Waals surface area (Å²) in [5.74, 6) is -0.646. The van der Waals surface area contributed by atoms with E-state index in [9.17, 15) is 9.59 Å². The Labute approximate surface area is 129 Å². The Morgan fingerprint density at radius 1 is 1.60 bits per heavy atom. The number of carbonyl (C=O) groups is 2. The van der Waals surface area contributed by atoms with E-state index >= 15 is 0 Å². The van der Waals surface area contributed by atoms with Crippen molar-refractivity contribution in [2.24, 2.45) is 0 Å². The molecule has 1 fully saturated rings. The van der Waals surface area contributed by atoms with E-state index in [1.807, 2.05) is 36.0 Å². The second-order valence-electron chi connectivity index (χ2n) is 4.15. The van der Waals surface area contributed by atoms with Gasteiger partial charge in [0.1, 0.15) is 9.51 Å². The number of nitrogens with zero attached hydrogens (tertiary/aromatic N) is 1. The molecule has 0 saturated carbocycles. The Morgan fingerprint density at radius 2 is 2.35 bits per heavy atom. The molecule has 0 aliphatic carbocycles. The zero-order valence-electron chi connectivity index (χ0n) is 11.1. The van der Waals surface area contributed by atoms with Crippen molar-refractivity contribution in [2.45, 2.75) is 19.2 Å². The normalized spacial score (nSPS) is 20.6. The molecule has 0 spiro atoms. The second kappa shape index (κ2) is 6.41. The van der Waals surface area contributed by atoms with E-state index in [2.05, 4.69) is 21.2 Å². The van der Waals surface area contributed by atoms with Gasteiger partial charge in [-0.1, -0.05) is 0 Å². The maximum atomic E-state index is 12.0. The minimum absolute atomic E-state index is 0.165. The fraction of sp³-hybridized carbons (Fsp3) is 0.308. The summed E-state index contributed by atoms with van der Waals surface area (Å²) in [5.41, 5.74) is 1.06. The molecule has 0 aromatic carbocycles. The molecule has 1 N–H and O–H groups in total. The summed E-state index contributed by atoms with van der Waals surface area (Å²) in [4.78, 5) is 23.7. The predicted octanol–water partition coefficient (Wildman–Crippen LogP) is 1.77. The van der Waals surface area contributed by atoms with Crippen molar-refractivity contribution in [1.82, 2.24) is 5.32 Å². The SMILES string of the molecule is CCOC(=O)C(Br)=C1NC(=O)C([n+]2cccc(C)c2)S1. The van der Waals surface area contributed by atoms with Crippen LogP contribution >= 0.6 is 27.7 Å². The highest BCUT2D eigenvalue weighted by Crippen LogP contribution is 2.35. The van der Waals surface area contributed by atoms with E-state index in [0.717, 1.165) is 5.56 Å². The van der Waals surface area contributed by atoms with Gasteiger partial charge in [-0.15, -0.1) is 0 Å². The maximum absolute atomic E-state index is 12.0. The predicted molar refractivity (Wildman–Crippen MR) is 78.7 cm³/mol.